The van der Waals surface area contributed by atoms with Crippen molar-refractivity contribution in [2.45, 2.75) is 6.11 Å². The second-order valence-electron chi connectivity index (χ2n) is 3.28. The Kier molecular flexibility index (Phi) is 3.41. The fourth-order valence-electron chi connectivity index (χ4n) is 0.982. The first-order valence-electron chi connectivity index (χ1n) is 4.37. The first-order valence-corrected chi connectivity index (χ1v) is 4.37. The molecule has 0 heterocycles. The SMILES string of the molecule is CN(C)C(=O)C(F)(F)Oc1cccc(F)c1. The lowest BCUT2D eigenvalue weighted by Crippen LogP contribution is -2.43. The fourth-order valence-corrected chi connectivity index (χ4v) is 0.982. The van der Waals surface area contributed by atoms with E-state index in [0.717, 1.165) is 18.2 Å². The fraction of sp³-hybridized carbons (Fsp3) is 0.300. The second kappa shape index (κ2) is 4.42. The zero-order valence-electron chi connectivity index (χ0n) is 8.71. The molecular weight excluding hydrogens is 223 g/mol. The molecule has 0 fully saturated rings. The molecule has 88 valence electrons. The van der Waals surface area contributed by atoms with Gasteiger partial charge in [-0.25, -0.2) is 4.39 Å². The largest absolute Gasteiger partial charge is 0.482 e. The minimum atomic E-state index is -4.00. The van der Waals surface area contributed by atoms with Crippen LogP contribution in [0.25, 0.3) is 0 Å². The number of halogens is 3. The Balaban J connectivity index is 2.84. The van der Waals surface area contributed by atoms with Crippen LogP contribution in [0.3, 0.4) is 0 Å². The van der Waals surface area contributed by atoms with Crippen LogP contribution in [-0.2, 0) is 4.79 Å². The van der Waals surface area contributed by atoms with E-state index in [0.29, 0.717) is 4.90 Å². The monoisotopic (exact) mass is 233 g/mol. The predicted octanol–water partition coefficient (Wildman–Crippen LogP) is 1.89. The van der Waals surface area contributed by atoms with Gasteiger partial charge in [-0.05, 0) is 12.1 Å². The summed E-state index contributed by atoms with van der Waals surface area (Å²) in [5.74, 6) is -2.62. The maximum absolute atomic E-state index is 13.1. The summed E-state index contributed by atoms with van der Waals surface area (Å²) in [5.41, 5.74) is 0. The number of likely N-dealkylation sites (N-methyl/N-ethyl adjacent to an activating group) is 1. The van der Waals surface area contributed by atoms with Crippen LogP contribution in [-0.4, -0.2) is 31.0 Å². The van der Waals surface area contributed by atoms with Crippen LogP contribution in [0.1, 0.15) is 0 Å². The highest BCUT2D eigenvalue weighted by atomic mass is 19.3. The Labute approximate surface area is 90.4 Å². The molecule has 0 aromatic heterocycles. The van der Waals surface area contributed by atoms with Gasteiger partial charge in [0.2, 0.25) is 0 Å². The second-order valence-corrected chi connectivity index (χ2v) is 3.28. The van der Waals surface area contributed by atoms with Crippen LogP contribution in [0.5, 0.6) is 5.75 Å². The van der Waals surface area contributed by atoms with Gasteiger partial charge < -0.3 is 9.64 Å². The quantitative estimate of drug-likeness (QED) is 0.797. The molecule has 3 nitrogen and oxygen atoms in total. The van der Waals surface area contributed by atoms with Crippen molar-refractivity contribution in [3.63, 3.8) is 0 Å². The summed E-state index contributed by atoms with van der Waals surface area (Å²) in [6.07, 6.45) is -4.00. The third-order valence-electron chi connectivity index (χ3n) is 1.70. The van der Waals surface area contributed by atoms with Crippen LogP contribution in [0, 0.1) is 5.82 Å². The number of hydrogen-bond acceptors (Lipinski definition) is 2. The minimum absolute atomic E-state index is 0.403. The van der Waals surface area contributed by atoms with Crippen LogP contribution in [0.15, 0.2) is 24.3 Å². The highest BCUT2D eigenvalue weighted by Gasteiger charge is 2.43. The van der Waals surface area contributed by atoms with E-state index in [1.54, 1.807) is 0 Å². The maximum Gasteiger partial charge on any atom is 0.482 e. The topological polar surface area (TPSA) is 29.5 Å². The van der Waals surface area contributed by atoms with Crippen molar-refractivity contribution >= 4 is 5.91 Å². The molecule has 0 atom stereocenters. The first kappa shape index (κ1) is 12.4. The number of nitrogens with zero attached hydrogens (tertiary/aromatic N) is 1. The Bertz CT molecular complexity index is 393. The molecule has 0 saturated carbocycles. The lowest BCUT2D eigenvalue weighted by Gasteiger charge is -2.20. The summed E-state index contributed by atoms with van der Waals surface area (Å²) in [6, 6.07) is 4.20. The minimum Gasteiger partial charge on any atom is -0.425 e. The number of alkyl halides is 2. The Morgan fingerprint density at radius 2 is 2.00 bits per heavy atom. The summed E-state index contributed by atoms with van der Waals surface area (Å²) in [4.78, 5) is 11.7. The van der Waals surface area contributed by atoms with E-state index in [9.17, 15) is 18.0 Å². The molecule has 0 spiro atoms. The van der Waals surface area contributed by atoms with E-state index in [1.807, 2.05) is 0 Å². The normalized spacial score (nSPS) is 11.1. The summed E-state index contributed by atoms with van der Waals surface area (Å²) in [7, 11) is 2.34. The number of rotatable bonds is 3. The van der Waals surface area contributed by atoms with E-state index >= 15 is 0 Å². The molecule has 1 aromatic carbocycles. The molecule has 6 heteroatoms. The molecule has 1 aromatic rings. The van der Waals surface area contributed by atoms with Crippen LogP contribution < -0.4 is 4.74 Å². The standard InChI is InChI=1S/C10H10F3NO2/c1-14(2)9(15)10(12,13)16-8-5-3-4-7(11)6-8/h3-6H,1-2H3. The van der Waals surface area contributed by atoms with Crippen molar-refractivity contribution in [1.29, 1.82) is 0 Å². The van der Waals surface area contributed by atoms with Crippen molar-refractivity contribution in [2.24, 2.45) is 0 Å². The van der Waals surface area contributed by atoms with Crippen molar-refractivity contribution in [1.82, 2.24) is 4.90 Å². The van der Waals surface area contributed by atoms with Crippen molar-refractivity contribution in [2.75, 3.05) is 14.1 Å². The molecule has 0 aliphatic carbocycles. The van der Waals surface area contributed by atoms with Crippen molar-refractivity contribution < 1.29 is 22.7 Å². The average Bonchev–Trinajstić information content (AvgIpc) is 2.15. The van der Waals surface area contributed by atoms with Crippen molar-refractivity contribution in [3.8, 4) is 5.75 Å². The van der Waals surface area contributed by atoms with E-state index in [4.69, 9.17) is 0 Å². The highest BCUT2D eigenvalue weighted by Crippen LogP contribution is 2.23. The zero-order valence-corrected chi connectivity index (χ0v) is 8.71. The number of carbonyl (C=O) groups excluding carboxylic acids is 1. The Morgan fingerprint density at radius 3 is 2.50 bits per heavy atom. The molecule has 0 aliphatic rings. The molecule has 0 bridgehead atoms. The average molecular weight is 233 g/mol. The number of ether oxygens (including phenoxy) is 1. The smallest absolute Gasteiger partial charge is 0.425 e. The van der Waals surface area contributed by atoms with Gasteiger partial charge >= 0.3 is 12.0 Å². The molecule has 0 aliphatic heterocycles. The van der Waals surface area contributed by atoms with Gasteiger partial charge in [0.05, 0.1) is 0 Å². The molecule has 0 N–H and O–H groups in total. The molecule has 0 radical (unpaired) electrons. The van der Waals surface area contributed by atoms with Crippen molar-refractivity contribution in [3.05, 3.63) is 30.1 Å². The third kappa shape index (κ3) is 2.88. The predicted molar refractivity (Wildman–Crippen MR) is 50.7 cm³/mol. The number of benzene rings is 1. The molecule has 16 heavy (non-hydrogen) atoms. The van der Waals surface area contributed by atoms with E-state index in [1.165, 1.54) is 20.2 Å². The van der Waals surface area contributed by atoms with Gasteiger partial charge in [-0.1, -0.05) is 6.07 Å². The Morgan fingerprint density at radius 1 is 1.38 bits per heavy atom. The summed E-state index contributed by atoms with van der Waals surface area (Å²) < 4.78 is 43.1. The van der Waals surface area contributed by atoms with E-state index < -0.39 is 23.6 Å². The lowest BCUT2D eigenvalue weighted by atomic mass is 10.3. The van der Waals surface area contributed by atoms with Gasteiger partial charge in [0.15, 0.2) is 0 Å². The highest BCUT2D eigenvalue weighted by molar-refractivity contribution is 5.81. The number of hydrogen-bond donors (Lipinski definition) is 0. The molecule has 0 unspecified atom stereocenters. The summed E-state index contributed by atoms with van der Waals surface area (Å²) in [5, 5.41) is 0. The van der Waals surface area contributed by atoms with Gasteiger partial charge in [0, 0.05) is 20.2 Å². The van der Waals surface area contributed by atoms with Crippen LogP contribution in [0.4, 0.5) is 13.2 Å². The van der Waals surface area contributed by atoms with Gasteiger partial charge in [0.25, 0.3) is 0 Å². The molecule has 1 amide bonds. The zero-order chi connectivity index (χ0) is 12.3. The van der Waals surface area contributed by atoms with Crippen LogP contribution >= 0.6 is 0 Å². The van der Waals surface area contributed by atoms with Gasteiger partial charge in [-0.2, -0.15) is 8.78 Å². The first-order chi connectivity index (χ1) is 7.33. The molecular formula is C10H10F3NO2. The molecule has 1 rings (SSSR count). The van der Waals surface area contributed by atoms with Gasteiger partial charge in [-0.15, -0.1) is 0 Å². The molecule has 0 saturated heterocycles. The Hall–Kier alpha value is -1.72. The van der Waals surface area contributed by atoms with E-state index in [-0.39, 0.29) is 0 Å². The summed E-state index contributed by atoms with van der Waals surface area (Å²) in [6.45, 7) is 0. The number of carbonyl (C=O) groups is 1. The third-order valence-corrected chi connectivity index (χ3v) is 1.70. The maximum atomic E-state index is 13.1. The van der Waals surface area contributed by atoms with Gasteiger partial charge in [0.1, 0.15) is 11.6 Å². The lowest BCUT2D eigenvalue weighted by molar-refractivity contribution is -0.201. The summed E-state index contributed by atoms with van der Waals surface area (Å²) >= 11 is 0. The van der Waals surface area contributed by atoms with Crippen LogP contribution in [0.2, 0.25) is 0 Å². The van der Waals surface area contributed by atoms with E-state index in [2.05, 4.69) is 4.74 Å². The number of amides is 1. The van der Waals surface area contributed by atoms with Gasteiger partial charge in [-0.3, -0.25) is 4.79 Å².